The molecule has 1 aliphatic heterocycles. The predicted octanol–water partition coefficient (Wildman–Crippen LogP) is 4.78. The summed E-state index contributed by atoms with van der Waals surface area (Å²) in [5.41, 5.74) is 6.41. The van der Waals surface area contributed by atoms with Gasteiger partial charge >= 0.3 is 5.97 Å². The van der Waals surface area contributed by atoms with Crippen molar-refractivity contribution in [1.82, 2.24) is 9.97 Å². The molecule has 6 heteroatoms. The standard InChI is InChI=1S/C26H25N3O3/c1-4-29(3)22-8-6-17-20(28-22)13-15(2)19(14-23(30)31)25(17)18-5-7-21-24-16(10-12-32-21)9-11-27-26(18)24/h5-9,11,13H,4,10,12,14H2,1-3H3,(H,30,31). The molecule has 1 aliphatic rings. The van der Waals surface area contributed by atoms with Gasteiger partial charge in [-0.3, -0.25) is 9.78 Å². The van der Waals surface area contributed by atoms with Crippen LogP contribution in [0.2, 0.25) is 0 Å². The number of rotatable bonds is 5. The molecule has 6 nitrogen and oxygen atoms in total. The van der Waals surface area contributed by atoms with Crippen LogP contribution in [0.4, 0.5) is 5.82 Å². The largest absolute Gasteiger partial charge is 0.493 e. The lowest BCUT2D eigenvalue weighted by Gasteiger charge is -2.22. The molecule has 3 heterocycles. The van der Waals surface area contributed by atoms with E-state index < -0.39 is 5.97 Å². The molecule has 32 heavy (non-hydrogen) atoms. The lowest BCUT2D eigenvalue weighted by molar-refractivity contribution is -0.136. The van der Waals surface area contributed by atoms with Gasteiger partial charge in [-0.05, 0) is 72.5 Å². The van der Waals surface area contributed by atoms with E-state index in [-0.39, 0.29) is 6.42 Å². The molecule has 5 rings (SSSR count). The van der Waals surface area contributed by atoms with Crippen LogP contribution in [0.5, 0.6) is 5.75 Å². The number of aryl methyl sites for hydroxylation is 1. The Labute approximate surface area is 186 Å². The van der Waals surface area contributed by atoms with E-state index in [0.717, 1.165) is 68.6 Å². The van der Waals surface area contributed by atoms with E-state index in [2.05, 4.69) is 17.9 Å². The Kier molecular flexibility index (Phi) is 4.93. The van der Waals surface area contributed by atoms with Crippen LogP contribution in [0.1, 0.15) is 23.6 Å². The van der Waals surface area contributed by atoms with Crippen LogP contribution in [0.25, 0.3) is 32.9 Å². The molecule has 1 N–H and O–H groups in total. The molecule has 0 radical (unpaired) electrons. The van der Waals surface area contributed by atoms with E-state index in [1.807, 2.05) is 50.5 Å². The smallest absolute Gasteiger partial charge is 0.307 e. The second-order valence-electron chi connectivity index (χ2n) is 8.27. The van der Waals surface area contributed by atoms with E-state index in [9.17, 15) is 9.90 Å². The van der Waals surface area contributed by atoms with E-state index in [1.54, 1.807) is 0 Å². The first-order valence-electron chi connectivity index (χ1n) is 10.9. The molecule has 2 aromatic heterocycles. The number of nitrogens with zero attached hydrogens (tertiary/aromatic N) is 3. The Morgan fingerprint density at radius 3 is 2.84 bits per heavy atom. The van der Waals surface area contributed by atoms with E-state index >= 15 is 0 Å². The average molecular weight is 428 g/mol. The number of benzene rings is 2. The highest BCUT2D eigenvalue weighted by Gasteiger charge is 2.22. The minimum Gasteiger partial charge on any atom is -0.493 e. The summed E-state index contributed by atoms with van der Waals surface area (Å²) in [7, 11) is 2.01. The normalized spacial score (nSPS) is 12.7. The summed E-state index contributed by atoms with van der Waals surface area (Å²) in [4.78, 5) is 23.5. The Hall–Kier alpha value is -3.67. The summed E-state index contributed by atoms with van der Waals surface area (Å²) in [6.45, 7) is 5.54. The molecule has 0 atom stereocenters. The molecular formula is C26H25N3O3. The average Bonchev–Trinajstić information content (AvgIpc) is 2.79. The van der Waals surface area contributed by atoms with Gasteiger partial charge in [0.05, 0.1) is 24.1 Å². The molecular weight excluding hydrogens is 402 g/mol. The van der Waals surface area contributed by atoms with Crippen molar-refractivity contribution in [2.24, 2.45) is 0 Å². The van der Waals surface area contributed by atoms with E-state index in [0.29, 0.717) is 6.61 Å². The molecule has 0 saturated heterocycles. The molecule has 4 aromatic rings. The fourth-order valence-corrected chi connectivity index (χ4v) is 4.60. The van der Waals surface area contributed by atoms with Gasteiger partial charge in [-0.15, -0.1) is 0 Å². The zero-order chi connectivity index (χ0) is 22.4. The molecule has 0 bridgehead atoms. The Morgan fingerprint density at radius 1 is 1.22 bits per heavy atom. The third-order valence-electron chi connectivity index (χ3n) is 6.34. The number of ether oxygens (including phenoxy) is 1. The van der Waals surface area contributed by atoms with Crippen LogP contribution in [-0.2, 0) is 17.6 Å². The van der Waals surface area contributed by atoms with Gasteiger partial charge in [-0.2, -0.15) is 0 Å². The number of fused-ring (bicyclic) bond motifs is 1. The highest BCUT2D eigenvalue weighted by molar-refractivity contribution is 6.08. The van der Waals surface area contributed by atoms with Crippen molar-refractivity contribution in [3.05, 3.63) is 59.3 Å². The van der Waals surface area contributed by atoms with Crippen molar-refractivity contribution in [1.29, 1.82) is 0 Å². The molecule has 2 aromatic carbocycles. The maximum Gasteiger partial charge on any atom is 0.307 e. The van der Waals surface area contributed by atoms with Gasteiger partial charge < -0.3 is 14.7 Å². The van der Waals surface area contributed by atoms with Crippen molar-refractivity contribution in [3.63, 3.8) is 0 Å². The molecule has 0 fully saturated rings. The van der Waals surface area contributed by atoms with Crippen molar-refractivity contribution in [2.75, 3.05) is 25.1 Å². The zero-order valence-electron chi connectivity index (χ0n) is 18.5. The Morgan fingerprint density at radius 2 is 2.06 bits per heavy atom. The number of hydrogen-bond donors (Lipinski definition) is 1. The second-order valence-corrected chi connectivity index (χ2v) is 8.27. The minimum atomic E-state index is -0.858. The number of carbonyl (C=O) groups is 1. The number of aliphatic carboxylic acids is 1. The number of hydrogen-bond acceptors (Lipinski definition) is 5. The van der Waals surface area contributed by atoms with Gasteiger partial charge in [0, 0.05) is 42.5 Å². The van der Waals surface area contributed by atoms with Crippen molar-refractivity contribution in [3.8, 4) is 16.9 Å². The molecule has 0 saturated carbocycles. The first-order valence-corrected chi connectivity index (χ1v) is 10.9. The number of pyridine rings is 2. The summed E-state index contributed by atoms with van der Waals surface area (Å²) < 4.78 is 5.89. The number of aromatic nitrogens is 2. The SMILES string of the molecule is CCN(C)c1ccc2c(-c3ccc4c5c(ccnc35)CCO4)c(CC(=O)O)c(C)cc2n1. The summed E-state index contributed by atoms with van der Waals surface area (Å²) in [6.07, 6.45) is 2.60. The van der Waals surface area contributed by atoms with Gasteiger partial charge in [0.1, 0.15) is 11.6 Å². The number of anilines is 1. The quantitative estimate of drug-likeness (QED) is 0.494. The number of carboxylic acids is 1. The van der Waals surface area contributed by atoms with Gasteiger partial charge in [0.15, 0.2) is 0 Å². The highest BCUT2D eigenvalue weighted by atomic mass is 16.5. The van der Waals surface area contributed by atoms with Crippen molar-refractivity contribution >= 4 is 33.6 Å². The maximum absolute atomic E-state index is 11.8. The predicted molar refractivity (Wildman–Crippen MR) is 127 cm³/mol. The van der Waals surface area contributed by atoms with Gasteiger partial charge in [-0.1, -0.05) is 0 Å². The second kappa shape index (κ2) is 7.79. The minimum absolute atomic E-state index is 0.0623. The Balaban J connectivity index is 1.87. The summed E-state index contributed by atoms with van der Waals surface area (Å²) in [5.74, 6) is 0.864. The lowest BCUT2D eigenvalue weighted by atomic mass is 9.88. The summed E-state index contributed by atoms with van der Waals surface area (Å²) in [6, 6.07) is 12.1. The third kappa shape index (κ3) is 3.23. The van der Waals surface area contributed by atoms with Crippen LogP contribution >= 0.6 is 0 Å². The van der Waals surface area contributed by atoms with E-state index in [1.165, 1.54) is 5.56 Å². The zero-order valence-corrected chi connectivity index (χ0v) is 18.5. The topological polar surface area (TPSA) is 75.6 Å². The fourth-order valence-electron chi connectivity index (χ4n) is 4.60. The van der Waals surface area contributed by atoms with E-state index in [4.69, 9.17) is 14.7 Å². The van der Waals surface area contributed by atoms with Crippen LogP contribution in [0.15, 0.2) is 42.6 Å². The van der Waals surface area contributed by atoms with Crippen LogP contribution in [0, 0.1) is 6.92 Å². The fraction of sp³-hybridized carbons (Fsp3) is 0.269. The first kappa shape index (κ1) is 20.2. The monoisotopic (exact) mass is 427 g/mol. The van der Waals surface area contributed by atoms with Gasteiger partial charge in [0.2, 0.25) is 0 Å². The molecule has 0 spiro atoms. The van der Waals surface area contributed by atoms with Crippen molar-refractivity contribution in [2.45, 2.75) is 26.7 Å². The van der Waals surface area contributed by atoms with Crippen LogP contribution < -0.4 is 9.64 Å². The molecule has 0 unspecified atom stereocenters. The molecule has 162 valence electrons. The number of carboxylic acid groups (broad SMARTS) is 1. The third-order valence-corrected chi connectivity index (χ3v) is 6.34. The molecule has 0 amide bonds. The first-order chi connectivity index (χ1) is 15.5. The maximum atomic E-state index is 11.8. The van der Waals surface area contributed by atoms with Crippen molar-refractivity contribution < 1.29 is 14.6 Å². The summed E-state index contributed by atoms with van der Waals surface area (Å²) in [5, 5.41) is 11.6. The van der Waals surface area contributed by atoms with Crippen LogP contribution in [-0.4, -0.2) is 41.2 Å². The van der Waals surface area contributed by atoms with Gasteiger partial charge in [-0.25, -0.2) is 4.98 Å². The Bertz CT molecular complexity index is 1370. The lowest BCUT2D eigenvalue weighted by Crippen LogP contribution is -2.17. The molecule has 0 aliphatic carbocycles. The highest BCUT2D eigenvalue weighted by Crippen LogP contribution is 2.42. The van der Waals surface area contributed by atoms with Crippen LogP contribution in [0.3, 0.4) is 0 Å². The summed E-state index contributed by atoms with van der Waals surface area (Å²) >= 11 is 0. The van der Waals surface area contributed by atoms with Gasteiger partial charge in [0.25, 0.3) is 0 Å².